The van der Waals surface area contributed by atoms with E-state index in [2.05, 4.69) is 33.0 Å². The molecule has 0 bridgehead atoms. The van der Waals surface area contributed by atoms with Crippen LogP contribution in [0.5, 0.6) is 0 Å². The summed E-state index contributed by atoms with van der Waals surface area (Å²) in [6.45, 7) is 8.23. The lowest BCUT2D eigenvalue weighted by atomic mass is 10.0. The minimum atomic E-state index is -1.00. The Kier molecular flexibility index (Phi) is 2.77. The van der Waals surface area contributed by atoms with Gasteiger partial charge >= 0.3 is 5.97 Å². The highest BCUT2D eigenvalue weighted by Crippen LogP contribution is 2.68. The second-order valence-electron chi connectivity index (χ2n) is 5.83. The smallest absolute Gasteiger partial charge is 0.348 e. The molecule has 4 nitrogen and oxygen atoms in total. The van der Waals surface area contributed by atoms with Crippen LogP contribution in [-0.2, 0) is 4.79 Å². The van der Waals surface area contributed by atoms with Gasteiger partial charge in [0.1, 0.15) is 4.88 Å². The molecular formula is C13H17NO3S. The number of carboxylic acids is 1. The second kappa shape index (κ2) is 3.82. The van der Waals surface area contributed by atoms with E-state index in [1.165, 1.54) is 0 Å². The van der Waals surface area contributed by atoms with E-state index in [1.54, 1.807) is 11.4 Å². The molecule has 0 unspecified atom stereocenters. The van der Waals surface area contributed by atoms with Crippen LogP contribution in [0.15, 0.2) is 11.4 Å². The van der Waals surface area contributed by atoms with Crippen molar-refractivity contribution < 1.29 is 14.7 Å². The fourth-order valence-corrected chi connectivity index (χ4v) is 3.32. The largest absolute Gasteiger partial charge is 0.477 e. The summed E-state index contributed by atoms with van der Waals surface area (Å²) in [6.07, 6.45) is 0. The lowest BCUT2D eigenvalue weighted by molar-refractivity contribution is -0.118. The number of amides is 1. The van der Waals surface area contributed by atoms with Crippen LogP contribution in [0, 0.1) is 16.7 Å². The summed E-state index contributed by atoms with van der Waals surface area (Å²) in [7, 11) is 0. The molecule has 0 aromatic carbocycles. The maximum absolute atomic E-state index is 12.2. The standard InChI is InChI=1S/C13H17NO3S/c1-12(2)9(13(12,3)4)10(15)14-7-5-6-18-8(7)11(16)17/h5-6,9H,1-4H3,(H,14,15)(H,16,17). The molecule has 1 aliphatic rings. The molecule has 1 aromatic rings. The topological polar surface area (TPSA) is 66.4 Å². The fraction of sp³-hybridized carbons (Fsp3) is 0.538. The van der Waals surface area contributed by atoms with Gasteiger partial charge in [-0.15, -0.1) is 11.3 Å². The van der Waals surface area contributed by atoms with E-state index < -0.39 is 5.97 Å². The second-order valence-corrected chi connectivity index (χ2v) is 6.75. The van der Waals surface area contributed by atoms with Crippen molar-refractivity contribution in [1.29, 1.82) is 0 Å². The summed E-state index contributed by atoms with van der Waals surface area (Å²) in [5.41, 5.74) is 0.309. The van der Waals surface area contributed by atoms with Crippen molar-refractivity contribution in [1.82, 2.24) is 0 Å². The molecule has 1 aromatic heterocycles. The number of carbonyl (C=O) groups excluding carboxylic acids is 1. The van der Waals surface area contributed by atoms with Gasteiger partial charge in [0.05, 0.1) is 5.69 Å². The SMILES string of the molecule is CC1(C)C(C(=O)Nc2ccsc2C(=O)O)C1(C)C. The van der Waals surface area contributed by atoms with Gasteiger partial charge in [-0.25, -0.2) is 4.79 Å². The van der Waals surface area contributed by atoms with Crippen molar-refractivity contribution in [2.75, 3.05) is 5.32 Å². The Morgan fingerprint density at radius 2 is 1.83 bits per heavy atom. The molecule has 1 heterocycles. The van der Waals surface area contributed by atoms with E-state index in [9.17, 15) is 9.59 Å². The molecule has 1 amide bonds. The molecule has 5 heteroatoms. The molecule has 2 N–H and O–H groups in total. The quantitative estimate of drug-likeness (QED) is 0.884. The Morgan fingerprint density at radius 1 is 1.28 bits per heavy atom. The summed E-state index contributed by atoms with van der Waals surface area (Å²) < 4.78 is 0. The maximum atomic E-state index is 12.2. The zero-order valence-electron chi connectivity index (χ0n) is 10.9. The van der Waals surface area contributed by atoms with Crippen molar-refractivity contribution in [3.8, 4) is 0 Å². The third-order valence-electron chi connectivity index (χ3n) is 4.40. The average Bonchev–Trinajstić information content (AvgIpc) is 2.59. The van der Waals surface area contributed by atoms with Crippen molar-refractivity contribution in [3.63, 3.8) is 0 Å². The third kappa shape index (κ3) is 1.73. The zero-order valence-corrected chi connectivity index (χ0v) is 11.7. The highest BCUT2D eigenvalue weighted by molar-refractivity contribution is 7.12. The van der Waals surface area contributed by atoms with Gasteiger partial charge in [0.2, 0.25) is 5.91 Å². The summed E-state index contributed by atoms with van der Waals surface area (Å²) in [4.78, 5) is 23.3. The average molecular weight is 267 g/mol. The molecule has 18 heavy (non-hydrogen) atoms. The van der Waals surface area contributed by atoms with Crippen LogP contribution < -0.4 is 5.32 Å². The van der Waals surface area contributed by atoms with E-state index in [1.807, 2.05) is 0 Å². The van der Waals surface area contributed by atoms with Crippen molar-refractivity contribution in [3.05, 3.63) is 16.3 Å². The number of carbonyl (C=O) groups is 2. The van der Waals surface area contributed by atoms with Gasteiger partial charge in [0, 0.05) is 5.92 Å². The van der Waals surface area contributed by atoms with E-state index >= 15 is 0 Å². The minimum Gasteiger partial charge on any atom is -0.477 e. The number of hydrogen-bond acceptors (Lipinski definition) is 3. The highest BCUT2D eigenvalue weighted by atomic mass is 32.1. The Hall–Kier alpha value is -1.36. The van der Waals surface area contributed by atoms with E-state index in [0.29, 0.717) is 5.69 Å². The summed E-state index contributed by atoms with van der Waals surface area (Å²) >= 11 is 1.12. The predicted octanol–water partition coefficient (Wildman–Crippen LogP) is 3.07. The minimum absolute atomic E-state index is 0.0451. The van der Waals surface area contributed by atoms with Gasteiger partial charge in [-0.05, 0) is 22.3 Å². The van der Waals surface area contributed by atoms with Gasteiger partial charge in [-0.2, -0.15) is 0 Å². The first kappa shape index (κ1) is 13.1. The van der Waals surface area contributed by atoms with E-state index in [-0.39, 0.29) is 27.5 Å². The molecule has 0 saturated heterocycles. The van der Waals surface area contributed by atoms with Crippen LogP contribution in [0.3, 0.4) is 0 Å². The maximum Gasteiger partial charge on any atom is 0.348 e. The Bertz CT molecular complexity index is 502. The molecule has 2 rings (SSSR count). The summed E-state index contributed by atoms with van der Waals surface area (Å²) in [5, 5.41) is 13.4. The first-order chi connectivity index (χ1) is 8.19. The van der Waals surface area contributed by atoms with Crippen molar-refractivity contribution >= 4 is 28.9 Å². The number of aromatic carboxylic acids is 1. The number of thiophene rings is 1. The summed E-state index contributed by atoms with van der Waals surface area (Å²) in [6, 6.07) is 1.63. The third-order valence-corrected chi connectivity index (χ3v) is 5.30. The first-order valence-electron chi connectivity index (χ1n) is 5.81. The molecule has 1 fully saturated rings. The monoisotopic (exact) mass is 267 g/mol. The number of hydrogen-bond donors (Lipinski definition) is 2. The van der Waals surface area contributed by atoms with Gasteiger partial charge in [0.15, 0.2) is 0 Å². The van der Waals surface area contributed by atoms with Gasteiger partial charge in [-0.1, -0.05) is 27.7 Å². The van der Waals surface area contributed by atoms with E-state index in [0.717, 1.165) is 11.3 Å². The Morgan fingerprint density at radius 3 is 2.28 bits per heavy atom. The van der Waals surface area contributed by atoms with Crippen molar-refractivity contribution in [2.24, 2.45) is 16.7 Å². The molecule has 0 aliphatic heterocycles. The number of anilines is 1. The lowest BCUT2D eigenvalue weighted by Crippen LogP contribution is -2.18. The van der Waals surface area contributed by atoms with Gasteiger partial charge in [-0.3, -0.25) is 4.79 Å². The Balaban J connectivity index is 2.15. The van der Waals surface area contributed by atoms with Crippen LogP contribution in [0.2, 0.25) is 0 Å². The van der Waals surface area contributed by atoms with Crippen LogP contribution in [0.4, 0.5) is 5.69 Å². The van der Waals surface area contributed by atoms with Crippen molar-refractivity contribution in [2.45, 2.75) is 27.7 Å². The van der Waals surface area contributed by atoms with Crippen LogP contribution >= 0.6 is 11.3 Å². The number of nitrogens with one attached hydrogen (secondary N) is 1. The fourth-order valence-electron chi connectivity index (χ4n) is 2.63. The van der Waals surface area contributed by atoms with Gasteiger partial charge in [0.25, 0.3) is 0 Å². The number of rotatable bonds is 3. The molecular weight excluding hydrogens is 250 g/mol. The first-order valence-corrected chi connectivity index (χ1v) is 6.69. The number of carboxylic acid groups (broad SMARTS) is 1. The highest BCUT2D eigenvalue weighted by Gasteiger charge is 2.68. The van der Waals surface area contributed by atoms with Crippen LogP contribution in [-0.4, -0.2) is 17.0 Å². The molecule has 0 atom stereocenters. The predicted molar refractivity (Wildman–Crippen MR) is 71.0 cm³/mol. The lowest BCUT2D eigenvalue weighted by Gasteiger charge is -2.05. The van der Waals surface area contributed by atoms with E-state index in [4.69, 9.17) is 5.11 Å². The van der Waals surface area contributed by atoms with Gasteiger partial charge < -0.3 is 10.4 Å². The summed E-state index contributed by atoms with van der Waals surface area (Å²) in [5.74, 6) is -1.17. The normalized spacial score (nSPS) is 20.4. The zero-order chi connectivity index (χ0) is 13.7. The van der Waals surface area contributed by atoms with Crippen LogP contribution in [0.1, 0.15) is 37.4 Å². The van der Waals surface area contributed by atoms with Crippen LogP contribution in [0.25, 0.3) is 0 Å². The molecule has 0 radical (unpaired) electrons. The molecule has 98 valence electrons. The molecule has 0 spiro atoms. The molecule has 1 saturated carbocycles. The molecule has 1 aliphatic carbocycles. The Labute approximate surface area is 110 Å².